The lowest BCUT2D eigenvalue weighted by Gasteiger charge is -2.60. The lowest BCUT2D eigenvalue weighted by Crippen LogP contribution is -2.52. The molecule has 0 radical (unpaired) electrons. The van der Waals surface area contributed by atoms with Crippen LogP contribution < -0.4 is 0 Å². The van der Waals surface area contributed by atoms with Crippen LogP contribution in [0.1, 0.15) is 84.0 Å². The van der Waals surface area contributed by atoms with E-state index in [0.29, 0.717) is 10.8 Å². The minimum atomic E-state index is 0.681. The zero-order chi connectivity index (χ0) is 14.5. The summed E-state index contributed by atoms with van der Waals surface area (Å²) in [5.74, 6) is 4.26. The van der Waals surface area contributed by atoms with E-state index in [2.05, 4.69) is 19.6 Å². The Balaban J connectivity index is 1.63. The van der Waals surface area contributed by atoms with Crippen LogP contribution in [-0.2, 0) is 0 Å². The Morgan fingerprint density at radius 1 is 0.905 bits per heavy atom. The van der Waals surface area contributed by atoms with Crippen LogP contribution in [0.2, 0.25) is 0 Å². The van der Waals surface area contributed by atoms with Crippen LogP contribution in [0.5, 0.6) is 0 Å². The Kier molecular flexibility index (Phi) is 3.51. The highest BCUT2D eigenvalue weighted by Gasteiger charge is 2.57. The summed E-state index contributed by atoms with van der Waals surface area (Å²) in [4.78, 5) is 0. The van der Waals surface area contributed by atoms with Gasteiger partial charge in [-0.2, -0.15) is 0 Å². The first-order valence-electron chi connectivity index (χ1n) is 9.80. The average molecular weight is 287 g/mol. The minimum Gasteiger partial charge on any atom is -0.103 e. The van der Waals surface area contributed by atoms with E-state index in [9.17, 15) is 0 Å². The Labute approximate surface area is 131 Å². The first kappa shape index (κ1) is 14.3. The Morgan fingerprint density at radius 2 is 1.81 bits per heavy atom. The number of rotatable bonds is 2. The van der Waals surface area contributed by atoms with E-state index >= 15 is 0 Å². The lowest BCUT2D eigenvalue weighted by molar-refractivity contribution is -0.106. The Morgan fingerprint density at radius 3 is 2.67 bits per heavy atom. The minimum absolute atomic E-state index is 0.681. The molecule has 1 unspecified atom stereocenters. The molecule has 0 bridgehead atoms. The molecule has 0 heterocycles. The zero-order valence-corrected chi connectivity index (χ0v) is 14.1. The van der Waals surface area contributed by atoms with Gasteiger partial charge in [0.05, 0.1) is 0 Å². The van der Waals surface area contributed by atoms with Crippen LogP contribution in [0.3, 0.4) is 0 Å². The van der Waals surface area contributed by atoms with Crippen molar-refractivity contribution in [3.63, 3.8) is 0 Å². The molecule has 0 spiro atoms. The zero-order valence-electron chi connectivity index (χ0n) is 14.1. The summed E-state index contributed by atoms with van der Waals surface area (Å²) in [6.45, 7) is 6.79. The largest absolute Gasteiger partial charge is 0.103 e. The van der Waals surface area contributed by atoms with Crippen molar-refractivity contribution in [3.8, 4) is 0 Å². The molecule has 0 aromatic heterocycles. The molecule has 118 valence electrons. The van der Waals surface area contributed by atoms with Gasteiger partial charge >= 0.3 is 0 Å². The van der Waals surface area contributed by atoms with Gasteiger partial charge in [-0.1, -0.05) is 32.3 Å². The highest BCUT2D eigenvalue weighted by molar-refractivity contribution is 5.08. The number of allylic oxidation sites excluding steroid dienone is 1. The second-order valence-electron chi connectivity index (χ2n) is 9.19. The van der Waals surface area contributed by atoms with Crippen LogP contribution in [0, 0.1) is 34.5 Å². The Hall–Kier alpha value is -0.260. The van der Waals surface area contributed by atoms with E-state index in [4.69, 9.17) is 0 Å². The van der Waals surface area contributed by atoms with Crippen molar-refractivity contribution in [2.45, 2.75) is 84.0 Å². The molecule has 0 aromatic rings. The summed E-state index contributed by atoms with van der Waals surface area (Å²) in [6.07, 6.45) is 20.4. The van der Waals surface area contributed by atoms with Gasteiger partial charge in [-0.05, 0) is 92.3 Å². The second kappa shape index (κ2) is 5.14. The van der Waals surface area contributed by atoms with E-state index < -0.39 is 0 Å². The van der Waals surface area contributed by atoms with Crippen LogP contribution in [-0.4, -0.2) is 0 Å². The van der Waals surface area contributed by atoms with Crippen molar-refractivity contribution in [3.05, 3.63) is 12.7 Å². The highest BCUT2D eigenvalue weighted by atomic mass is 14.6. The smallest absolute Gasteiger partial charge is 0.0232 e. The molecule has 4 aliphatic carbocycles. The maximum absolute atomic E-state index is 4.09. The van der Waals surface area contributed by atoms with E-state index in [1.54, 1.807) is 32.1 Å². The van der Waals surface area contributed by atoms with Crippen molar-refractivity contribution in [1.82, 2.24) is 0 Å². The molecule has 6 atom stereocenters. The molecular formula is C21H34. The maximum atomic E-state index is 4.09. The van der Waals surface area contributed by atoms with Crippen LogP contribution in [0.15, 0.2) is 12.7 Å². The van der Waals surface area contributed by atoms with Gasteiger partial charge in [-0.25, -0.2) is 0 Å². The fourth-order valence-electron chi connectivity index (χ4n) is 7.73. The average Bonchev–Trinajstić information content (AvgIpc) is 2.91. The standard InChI is InChI=1S/C21H34/c1-3-12-21-14-6-8-19(21)17-10-9-16-7-4-5-13-20(16,2)18(17)11-15-21/h3,16-19H,1,4-15H2,2H3/t16?,17-,18+,19+,20+,21+/m1/s1. The van der Waals surface area contributed by atoms with Crippen molar-refractivity contribution in [2.24, 2.45) is 34.5 Å². The second-order valence-corrected chi connectivity index (χ2v) is 9.19. The SMILES string of the molecule is C=CC[C@@]12CCC[C@H]1[C@@H]1CCC3CCCC[C@]3(C)[C@H]1CC2. The normalized spacial score (nSPS) is 52.6. The predicted molar refractivity (Wildman–Crippen MR) is 90.1 cm³/mol. The summed E-state index contributed by atoms with van der Waals surface area (Å²) < 4.78 is 0. The van der Waals surface area contributed by atoms with Gasteiger partial charge < -0.3 is 0 Å². The summed E-state index contributed by atoms with van der Waals surface area (Å²) >= 11 is 0. The van der Waals surface area contributed by atoms with Gasteiger partial charge in [-0.15, -0.1) is 6.58 Å². The molecule has 0 saturated heterocycles. The van der Waals surface area contributed by atoms with Crippen molar-refractivity contribution in [1.29, 1.82) is 0 Å². The topological polar surface area (TPSA) is 0 Å². The molecule has 0 nitrogen and oxygen atoms in total. The summed E-state index contributed by atoms with van der Waals surface area (Å²) in [5.41, 5.74) is 1.39. The summed E-state index contributed by atoms with van der Waals surface area (Å²) in [7, 11) is 0. The number of hydrogen-bond donors (Lipinski definition) is 0. The molecule has 0 aromatic carbocycles. The molecule has 0 heteroatoms. The molecule has 21 heavy (non-hydrogen) atoms. The van der Waals surface area contributed by atoms with Crippen molar-refractivity contribution in [2.75, 3.05) is 0 Å². The lowest BCUT2D eigenvalue weighted by atomic mass is 9.45. The van der Waals surface area contributed by atoms with Gasteiger partial charge in [0.25, 0.3) is 0 Å². The van der Waals surface area contributed by atoms with E-state index in [1.807, 2.05) is 0 Å². The van der Waals surface area contributed by atoms with Gasteiger partial charge in [0.2, 0.25) is 0 Å². The van der Waals surface area contributed by atoms with E-state index in [-0.39, 0.29) is 0 Å². The van der Waals surface area contributed by atoms with Gasteiger partial charge in [0.15, 0.2) is 0 Å². The van der Waals surface area contributed by atoms with Crippen LogP contribution in [0.4, 0.5) is 0 Å². The van der Waals surface area contributed by atoms with Crippen LogP contribution >= 0.6 is 0 Å². The third kappa shape index (κ3) is 2.00. The predicted octanol–water partition coefficient (Wildman–Crippen LogP) is 6.37. The van der Waals surface area contributed by atoms with E-state index in [0.717, 1.165) is 23.7 Å². The maximum Gasteiger partial charge on any atom is -0.0232 e. The molecule has 4 rings (SSSR count). The van der Waals surface area contributed by atoms with Gasteiger partial charge in [0, 0.05) is 0 Å². The summed E-state index contributed by atoms with van der Waals surface area (Å²) in [5, 5.41) is 0. The quantitative estimate of drug-likeness (QED) is 0.518. The molecule has 0 amide bonds. The number of fused-ring (bicyclic) bond motifs is 5. The fourth-order valence-corrected chi connectivity index (χ4v) is 7.73. The third-order valence-electron chi connectivity index (χ3n) is 8.66. The molecule has 0 aliphatic heterocycles. The molecule has 0 N–H and O–H groups in total. The first-order chi connectivity index (χ1) is 10.2. The highest BCUT2D eigenvalue weighted by Crippen LogP contribution is 2.67. The van der Waals surface area contributed by atoms with Crippen molar-refractivity contribution >= 4 is 0 Å². The molecule has 4 saturated carbocycles. The van der Waals surface area contributed by atoms with Gasteiger partial charge in [0.1, 0.15) is 0 Å². The molecule has 4 aliphatic rings. The monoisotopic (exact) mass is 286 g/mol. The molecule has 4 fully saturated rings. The fraction of sp³-hybridized carbons (Fsp3) is 0.905. The molecular weight excluding hydrogens is 252 g/mol. The number of hydrogen-bond acceptors (Lipinski definition) is 0. The third-order valence-corrected chi connectivity index (χ3v) is 8.66. The first-order valence-corrected chi connectivity index (χ1v) is 9.80. The summed E-state index contributed by atoms with van der Waals surface area (Å²) in [6, 6.07) is 0. The van der Waals surface area contributed by atoms with Crippen LogP contribution in [0.25, 0.3) is 0 Å². The van der Waals surface area contributed by atoms with E-state index in [1.165, 1.54) is 44.9 Å². The van der Waals surface area contributed by atoms with Crippen molar-refractivity contribution < 1.29 is 0 Å². The van der Waals surface area contributed by atoms with Gasteiger partial charge in [-0.3, -0.25) is 0 Å². The Bertz CT molecular complexity index is 410.